The number of anilines is 1. The van der Waals surface area contributed by atoms with E-state index in [1.54, 1.807) is 24.3 Å². The van der Waals surface area contributed by atoms with Crippen LogP contribution in [0.2, 0.25) is 0 Å². The molecule has 0 aliphatic heterocycles. The van der Waals surface area contributed by atoms with Crippen molar-refractivity contribution in [2.45, 2.75) is 50.7 Å². The number of hydrogen-bond acceptors (Lipinski definition) is 4. The summed E-state index contributed by atoms with van der Waals surface area (Å²) in [6.45, 7) is -0.286. The van der Waals surface area contributed by atoms with Gasteiger partial charge in [-0.3, -0.25) is 13.9 Å². The number of rotatable bonds is 11. The zero-order valence-corrected chi connectivity index (χ0v) is 26.3. The summed E-state index contributed by atoms with van der Waals surface area (Å²) in [5.74, 6) is -0.689. The highest BCUT2D eigenvalue weighted by atomic mass is 79.9. The van der Waals surface area contributed by atoms with E-state index in [1.807, 2.05) is 54.6 Å². The minimum absolute atomic E-state index is 0.0737. The van der Waals surface area contributed by atoms with E-state index in [0.717, 1.165) is 51.8 Å². The van der Waals surface area contributed by atoms with Gasteiger partial charge >= 0.3 is 0 Å². The molecule has 1 aliphatic rings. The molecule has 2 amide bonds. The van der Waals surface area contributed by atoms with Crippen LogP contribution in [0, 0.1) is 0 Å². The van der Waals surface area contributed by atoms with Gasteiger partial charge in [0.2, 0.25) is 21.8 Å². The third kappa shape index (κ3) is 8.41. The summed E-state index contributed by atoms with van der Waals surface area (Å²) in [6.07, 6.45) is 5.33. The van der Waals surface area contributed by atoms with Crippen LogP contribution in [-0.2, 0) is 32.6 Å². The second kappa shape index (κ2) is 13.8. The second-order valence-electron chi connectivity index (χ2n) is 10.1. The van der Waals surface area contributed by atoms with Crippen LogP contribution in [0.1, 0.15) is 36.8 Å². The molecule has 0 spiro atoms. The predicted octanol–water partition coefficient (Wildman–Crippen LogP) is 5.68. The standard InChI is InChI=1S/C30H33Br2N3O4S/c1-40(38,39)35(27-13-7-10-25(32)19-27)21-29(36)34(20-23-14-16-24(31)17-15-23)28(18-22-8-3-2-4-9-22)30(37)33-26-11-5-6-12-26/h2-4,7-10,13-17,19,26,28H,5-6,11-12,18,20-21H2,1H3,(H,33,37)/t28-/m1/s1. The number of sulfonamides is 1. The van der Waals surface area contributed by atoms with Gasteiger partial charge in [-0.2, -0.15) is 0 Å². The van der Waals surface area contributed by atoms with Crippen molar-refractivity contribution in [1.82, 2.24) is 10.2 Å². The van der Waals surface area contributed by atoms with Gasteiger partial charge in [-0.05, 0) is 54.3 Å². The van der Waals surface area contributed by atoms with Gasteiger partial charge in [-0.15, -0.1) is 0 Å². The zero-order chi connectivity index (χ0) is 28.7. The molecule has 1 N–H and O–H groups in total. The quantitative estimate of drug-likeness (QED) is 0.281. The van der Waals surface area contributed by atoms with Crippen LogP contribution < -0.4 is 9.62 Å². The molecular formula is C30H33Br2N3O4S. The van der Waals surface area contributed by atoms with Crippen molar-refractivity contribution in [3.63, 3.8) is 0 Å². The molecule has 3 aromatic carbocycles. The molecule has 0 bridgehead atoms. The Balaban J connectivity index is 1.72. The minimum atomic E-state index is -3.81. The van der Waals surface area contributed by atoms with Gasteiger partial charge in [0.1, 0.15) is 12.6 Å². The van der Waals surface area contributed by atoms with Crippen molar-refractivity contribution >= 4 is 59.4 Å². The summed E-state index contributed by atoms with van der Waals surface area (Å²) in [5.41, 5.74) is 2.11. The zero-order valence-electron chi connectivity index (χ0n) is 22.3. The summed E-state index contributed by atoms with van der Waals surface area (Å²) in [6, 6.07) is 23.2. The number of benzene rings is 3. The molecule has 212 valence electrons. The van der Waals surface area contributed by atoms with Crippen LogP contribution in [0.25, 0.3) is 0 Å². The molecule has 1 fully saturated rings. The van der Waals surface area contributed by atoms with Crippen LogP contribution in [-0.4, -0.2) is 50.0 Å². The van der Waals surface area contributed by atoms with Crippen LogP contribution in [0.15, 0.2) is 87.8 Å². The van der Waals surface area contributed by atoms with E-state index in [4.69, 9.17) is 0 Å². The maximum atomic E-state index is 14.1. The molecule has 10 heteroatoms. The Morgan fingerprint density at radius 3 is 2.20 bits per heavy atom. The Kier molecular flexibility index (Phi) is 10.4. The average Bonchev–Trinajstić information content (AvgIpc) is 3.43. The largest absolute Gasteiger partial charge is 0.352 e. The van der Waals surface area contributed by atoms with E-state index in [1.165, 1.54) is 4.90 Å². The molecule has 7 nitrogen and oxygen atoms in total. The highest BCUT2D eigenvalue weighted by molar-refractivity contribution is 9.10. The first-order valence-corrected chi connectivity index (χ1v) is 16.6. The van der Waals surface area contributed by atoms with E-state index in [9.17, 15) is 18.0 Å². The molecule has 0 unspecified atom stereocenters. The van der Waals surface area contributed by atoms with Crippen molar-refractivity contribution in [3.05, 3.63) is 98.9 Å². The van der Waals surface area contributed by atoms with Crippen molar-refractivity contribution < 1.29 is 18.0 Å². The first-order valence-electron chi connectivity index (χ1n) is 13.2. The van der Waals surface area contributed by atoms with Crippen LogP contribution in [0.4, 0.5) is 5.69 Å². The molecular weight excluding hydrogens is 658 g/mol. The van der Waals surface area contributed by atoms with Crippen molar-refractivity contribution in [3.8, 4) is 0 Å². The normalized spacial score (nSPS) is 14.5. The van der Waals surface area contributed by atoms with Crippen LogP contribution in [0.3, 0.4) is 0 Å². The molecule has 40 heavy (non-hydrogen) atoms. The molecule has 4 rings (SSSR count). The lowest BCUT2D eigenvalue weighted by Gasteiger charge is -2.34. The van der Waals surface area contributed by atoms with Gasteiger partial charge in [0.15, 0.2) is 0 Å². The second-order valence-corrected chi connectivity index (χ2v) is 13.8. The first-order chi connectivity index (χ1) is 19.1. The molecule has 0 radical (unpaired) electrons. The highest BCUT2D eigenvalue weighted by Gasteiger charge is 2.34. The maximum absolute atomic E-state index is 14.1. The smallest absolute Gasteiger partial charge is 0.244 e. The predicted molar refractivity (Wildman–Crippen MR) is 165 cm³/mol. The lowest BCUT2D eigenvalue weighted by atomic mass is 10.0. The molecule has 1 saturated carbocycles. The topological polar surface area (TPSA) is 86.8 Å². The monoisotopic (exact) mass is 689 g/mol. The minimum Gasteiger partial charge on any atom is -0.352 e. The SMILES string of the molecule is CS(=O)(=O)N(CC(=O)N(Cc1ccc(Br)cc1)[C@H](Cc1ccccc1)C(=O)NC1CCCC1)c1cccc(Br)c1. The maximum Gasteiger partial charge on any atom is 0.244 e. The van der Waals surface area contributed by atoms with Crippen molar-refractivity contribution in [1.29, 1.82) is 0 Å². The summed E-state index contributed by atoms with van der Waals surface area (Å²) in [4.78, 5) is 29.5. The molecule has 3 aromatic rings. The van der Waals surface area contributed by atoms with E-state index >= 15 is 0 Å². The molecule has 0 saturated heterocycles. The summed E-state index contributed by atoms with van der Waals surface area (Å²) >= 11 is 6.84. The fourth-order valence-corrected chi connectivity index (χ4v) is 6.45. The Morgan fingerprint density at radius 2 is 1.57 bits per heavy atom. The number of amides is 2. The van der Waals surface area contributed by atoms with Gasteiger partial charge in [0, 0.05) is 28.0 Å². The third-order valence-corrected chi connectivity index (χ3v) is 9.18. The van der Waals surface area contributed by atoms with Gasteiger partial charge < -0.3 is 10.2 Å². The lowest BCUT2D eigenvalue weighted by molar-refractivity contribution is -0.140. The Morgan fingerprint density at radius 1 is 0.900 bits per heavy atom. The van der Waals surface area contributed by atoms with Gasteiger partial charge in [0.05, 0.1) is 11.9 Å². The van der Waals surface area contributed by atoms with Crippen LogP contribution >= 0.6 is 31.9 Å². The fraction of sp³-hybridized carbons (Fsp3) is 0.333. The third-order valence-electron chi connectivity index (χ3n) is 7.01. The van der Waals surface area contributed by atoms with Gasteiger partial charge in [-0.1, -0.05) is 93.2 Å². The first kappa shape index (κ1) is 30.3. The number of halogens is 2. The fourth-order valence-electron chi connectivity index (χ4n) is 4.95. The molecule has 0 heterocycles. The van der Waals surface area contributed by atoms with Crippen molar-refractivity contribution in [2.24, 2.45) is 0 Å². The Labute approximate surface area is 253 Å². The summed E-state index contributed by atoms with van der Waals surface area (Å²) < 4.78 is 28.4. The van der Waals surface area contributed by atoms with E-state index in [2.05, 4.69) is 37.2 Å². The van der Waals surface area contributed by atoms with Crippen molar-refractivity contribution in [2.75, 3.05) is 17.1 Å². The van der Waals surface area contributed by atoms with E-state index in [-0.39, 0.29) is 18.5 Å². The molecule has 1 aliphatic carbocycles. The van der Waals surface area contributed by atoms with Crippen LogP contribution in [0.5, 0.6) is 0 Å². The van der Waals surface area contributed by atoms with E-state index < -0.39 is 28.5 Å². The lowest BCUT2D eigenvalue weighted by Crippen LogP contribution is -2.54. The summed E-state index contributed by atoms with van der Waals surface area (Å²) in [7, 11) is -3.81. The molecule has 0 aromatic heterocycles. The molecule has 1 atom stereocenters. The van der Waals surface area contributed by atoms with E-state index in [0.29, 0.717) is 16.6 Å². The highest BCUT2D eigenvalue weighted by Crippen LogP contribution is 2.24. The number of carbonyl (C=O) groups is 2. The van der Waals surface area contributed by atoms with Gasteiger partial charge in [-0.25, -0.2) is 8.42 Å². The number of hydrogen-bond donors (Lipinski definition) is 1. The number of nitrogens with one attached hydrogen (secondary N) is 1. The number of nitrogens with zero attached hydrogens (tertiary/aromatic N) is 2. The summed E-state index contributed by atoms with van der Waals surface area (Å²) in [5, 5.41) is 3.17. The Bertz CT molecular complexity index is 1410. The number of carbonyl (C=O) groups excluding carboxylic acids is 2. The Hall–Kier alpha value is -2.69. The average molecular weight is 691 g/mol. The van der Waals surface area contributed by atoms with Gasteiger partial charge in [0.25, 0.3) is 0 Å².